The van der Waals surface area contributed by atoms with Crippen LogP contribution < -0.4 is 11.2 Å². The molecule has 1 aromatic heterocycles. The molecule has 1 aliphatic heterocycles. The minimum atomic E-state index is -0.276. The van der Waals surface area contributed by atoms with Crippen molar-refractivity contribution in [2.24, 2.45) is 20.0 Å². The molecule has 2 aromatic rings. The molecule has 1 unspecified atom stereocenters. The highest BCUT2D eigenvalue weighted by molar-refractivity contribution is 7.99. The molecule has 6 heteroatoms. The molecule has 1 fully saturated rings. The minimum Gasteiger partial charge on any atom is -0.303 e. The Balaban J connectivity index is 1.59. The number of hydrogen-bond donors (Lipinski definition) is 0. The second-order valence-electron chi connectivity index (χ2n) is 6.43. The van der Waals surface area contributed by atoms with Gasteiger partial charge in [0.15, 0.2) is 0 Å². The van der Waals surface area contributed by atoms with Gasteiger partial charge in [0.2, 0.25) is 0 Å². The van der Waals surface area contributed by atoms with Gasteiger partial charge in [-0.05, 0) is 31.0 Å². The molecule has 0 bridgehead atoms. The quantitative estimate of drug-likeness (QED) is 0.774. The second kappa shape index (κ2) is 7.40. The van der Waals surface area contributed by atoms with Gasteiger partial charge in [-0.2, -0.15) is 0 Å². The van der Waals surface area contributed by atoms with Gasteiger partial charge in [-0.1, -0.05) is 18.2 Å². The van der Waals surface area contributed by atoms with Crippen molar-refractivity contribution in [3.05, 3.63) is 62.9 Å². The lowest BCUT2D eigenvalue weighted by atomic mass is 10.2. The summed E-state index contributed by atoms with van der Waals surface area (Å²) in [5.41, 5.74) is 0.235. The Morgan fingerprint density at radius 3 is 2.67 bits per heavy atom. The van der Waals surface area contributed by atoms with Crippen molar-refractivity contribution < 1.29 is 0 Å². The van der Waals surface area contributed by atoms with Gasteiger partial charge in [0.05, 0.1) is 0 Å². The highest BCUT2D eigenvalue weighted by Crippen LogP contribution is 2.26. The van der Waals surface area contributed by atoms with Crippen LogP contribution in [0.25, 0.3) is 0 Å². The van der Waals surface area contributed by atoms with Crippen LogP contribution in [0.1, 0.15) is 12.0 Å². The summed E-state index contributed by atoms with van der Waals surface area (Å²) in [6.45, 7) is 2.63. The zero-order valence-electron chi connectivity index (χ0n) is 14.1. The Morgan fingerprint density at radius 1 is 1.17 bits per heavy atom. The molecule has 1 atom stereocenters. The lowest BCUT2D eigenvalue weighted by Gasteiger charge is -2.16. The molecule has 0 radical (unpaired) electrons. The number of aryl methyl sites for hydroxylation is 1. The fourth-order valence-corrected chi connectivity index (χ4v) is 4.21. The van der Waals surface area contributed by atoms with Crippen LogP contribution in [0.5, 0.6) is 0 Å². The van der Waals surface area contributed by atoms with Crippen LogP contribution >= 0.6 is 11.8 Å². The molecule has 5 nitrogen and oxygen atoms in total. The Kier molecular flexibility index (Phi) is 5.26. The maximum atomic E-state index is 12.2. The lowest BCUT2D eigenvalue weighted by Crippen LogP contribution is -2.39. The minimum absolute atomic E-state index is 0.180. The zero-order valence-corrected chi connectivity index (χ0v) is 15.0. The molecule has 1 saturated heterocycles. The molecule has 0 aliphatic carbocycles. The molecule has 24 heavy (non-hydrogen) atoms. The summed E-state index contributed by atoms with van der Waals surface area (Å²) in [6, 6.07) is 10.5. The maximum Gasteiger partial charge on any atom is 0.330 e. The van der Waals surface area contributed by atoms with E-state index in [2.05, 4.69) is 29.2 Å². The van der Waals surface area contributed by atoms with E-state index in [0.717, 1.165) is 25.3 Å². The first-order valence-electron chi connectivity index (χ1n) is 8.20. The highest BCUT2D eigenvalue weighted by Gasteiger charge is 2.23. The number of likely N-dealkylation sites (tertiary alicyclic amines) is 1. The summed E-state index contributed by atoms with van der Waals surface area (Å²) in [7, 11) is 3.23. The average molecular weight is 345 g/mol. The summed E-state index contributed by atoms with van der Waals surface area (Å²) >= 11 is 1.90. The van der Waals surface area contributed by atoms with E-state index >= 15 is 0 Å². The van der Waals surface area contributed by atoms with Crippen molar-refractivity contribution in [1.29, 1.82) is 0 Å². The second-order valence-corrected chi connectivity index (χ2v) is 7.52. The molecule has 0 amide bonds. The van der Waals surface area contributed by atoms with E-state index in [1.807, 2.05) is 17.8 Å². The summed E-state index contributed by atoms with van der Waals surface area (Å²) in [5.74, 6) is 1.75. The third-order valence-electron chi connectivity index (χ3n) is 4.51. The molecule has 0 N–H and O–H groups in total. The first-order valence-corrected chi connectivity index (χ1v) is 9.19. The third-order valence-corrected chi connectivity index (χ3v) is 5.75. The van der Waals surface area contributed by atoms with E-state index in [1.165, 1.54) is 21.1 Å². The van der Waals surface area contributed by atoms with Crippen molar-refractivity contribution in [3.63, 3.8) is 0 Å². The first kappa shape index (κ1) is 17.0. The normalized spacial score (nSPS) is 18.2. The van der Waals surface area contributed by atoms with Crippen molar-refractivity contribution in [2.45, 2.75) is 17.9 Å². The van der Waals surface area contributed by atoms with E-state index in [-0.39, 0.29) is 11.2 Å². The molecular formula is C18H23N3O2S. The Morgan fingerprint density at radius 2 is 1.92 bits per heavy atom. The van der Waals surface area contributed by atoms with Crippen molar-refractivity contribution in [1.82, 2.24) is 14.0 Å². The van der Waals surface area contributed by atoms with E-state index in [1.54, 1.807) is 13.2 Å². The predicted molar refractivity (Wildman–Crippen MR) is 97.5 cm³/mol. The Bertz CT molecular complexity index is 813. The van der Waals surface area contributed by atoms with Crippen LogP contribution in [-0.4, -0.2) is 32.9 Å². The van der Waals surface area contributed by atoms with Crippen LogP contribution in [0.3, 0.4) is 0 Å². The fraction of sp³-hybridized carbons (Fsp3) is 0.444. The van der Waals surface area contributed by atoms with Crippen molar-refractivity contribution in [2.75, 3.05) is 18.8 Å². The van der Waals surface area contributed by atoms with Gasteiger partial charge >= 0.3 is 5.69 Å². The number of aromatic nitrogens is 2. The number of thioether (sulfide) groups is 1. The van der Waals surface area contributed by atoms with Gasteiger partial charge in [0, 0.05) is 49.6 Å². The van der Waals surface area contributed by atoms with E-state index < -0.39 is 0 Å². The molecule has 0 saturated carbocycles. The van der Waals surface area contributed by atoms with Crippen molar-refractivity contribution in [3.8, 4) is 0 Å². The lowest BCUT2D eigenvalue weighted by molar-refractivity contribution is 0.317. The topological polar surface area (TPSA) is 47.2 Å². The van der Waals surface area contributed by atoms with Crippen molar-refractivity contribution >= 4 is 11.8 Å². The molecule has 128 valence electrons. The van der Waals surface area contributed by atoms with Gasteiger partial charge < -0.3 is 4.57 Å². The van der Waals surface area contributed by atoms with Crippen LogP contribution in [0.2, 0.25) is 0 Å². The van der Waals surface area contributed by atoms with Gasteiger partial charge in [0.25, 0.3) is 5.56 Å². The molecule has 3 rings (SSSR count). The molecule has 1 aliphatic rings. The third kappa shape index (κ3) is 3.82. The van der Waals surface area contributed by atoms with Gasteiger partial charge in [0.1, 0.15) is 0 Å². The van der Waals surface area contributed by atoms with Crippen LogP contribution in [0.4, 0.5) is 0 Å². The number of benzene rings is 1. The number of nitrogens with zero attached hydrogens (tertiary/aromatic N) is 3. The standard InChI is InChI=1S/C18H23N3O2S/c1-19-11-15(17(22)20(2)18(19)23)12-21-9-8-14(10-21)13-24-16-6-4-3-5-7-16/h3-7,11,14H,8-10,12-13H2,1-2H3. The molecule has 0 spiro atoms. The SMILES string of the molecule is Cn1cc(CN2CCC(CSc3ccccc3)C2)c(=O)n(C)c1=O. The maximum absolute atomic E-state index is 12.2. The van der Waals surface area contributed by atoms with E-state index in [9.17, 15) is 9.59 Å². The van der Waals surface area contributed by atoms with Crippen LogP contribution in [0, 0.1) is 5.92 Å². The van der Waals surface area contributed by atoms with E-state index in [4.69, 9.17) is 0 Å². The fourth-order valence-electron chi connectivity index (χ4n) is 3.16. The van der Waals surface area contributed by atoms with Gasteiger partial charge in [-0.3, -0.25) is 14.3 Å². The van der Waals surface area contributed by atoms with Gasteiger partial charge in [-0.25, -0.2) is 4.79 Å². The number of rotatable bonds is 5. The van der Waals surface area contributed by atoms with Gasteiger partial charge in [-0.15, -0.1) is 11.8 Å². The zero-order chi connectivity index (χ0) is 17.1. The van der Waals surface area contributed by atoms with Crippen LogP contribution in [0.15, 0.2) is 51.0 Å². The largest absolute Gasteiger partial charge is 0.330 e. The smallest absolute Gasteiger partial charge is 0.303 e. The van der Waals surface area contributed by atoms with E-state index in [0.29, 0.717) is 18.0 Å². The summed E-state index contributed by atoms with van der Waals surface area (Å²) in [4.78, 5) is 27.6. The summed E-state index contributed by atoms with van der Waals surface area (Å²) in [6.07, 6.45) is 2.84. The van der Waals surface area contributed by atoms with Crippen LogP contribution in [-0.2, 0) is 20.6 Å². The highest BCUT2D eigenvalue weighted by atomic mass is 32.2. The number of hydrogen-bond acceptors (Lipinski definition) is 4. The summed E-state index contributed by atoms with van der Waals surface area (Å²) in [5, 5.41) is 0. The molecular weight excluding hydrogens is 322 g/mol. The average Bonchev–Trinajstić information content (AvgIpc) is 3.04. The first-order chi connectivity index (χ1) is 11.5. The predicted octanol–water partition coefficient (Wildman–Crippen LogP) is 1.70. The summed E-state index contributed by atoms with van der Waals surface area (Å²) < 4.78 is 2.67. The molecule has 2 heterocycles. The monoisotopic (exact) mass is 345 g/mol. The Labute approximate surface area is 145 Å². The Hall–Kier alpha value is -1.79. The molecule has 1 aromatic carbocycles.